The Morgan fingerprint density at radius 1 is 1.35 bits per heavy atom. The minimum absolute atomic E-state index is 0.0965. The first-order chi connectivity index (χ1) is 10.9. The molecular formula is C15H24N4O3S. The van der Waals surface area contributed by atoms with Crippen LogP contribution in [0.5, 0.6) is 0 Å². The second kappa shape index (κ2) is 6.22. The zero-order valence-corrected chi connectivity index (χ0v) is 14.5. The summed E-state index contributed by atoms with van der Waals surface area (Å²) in [7, 11) is -2.54. The summed E-state index contributed by atoms with van der Waals surface area (Å²) in [4.78, 5) is 19.1. The highest BCUT2D eigenvalue weighted by Crippen LogP contribution is 2.37. The van der Waals surface area contributed by atoms with Gasteiger partial charge in [0.1, 0.15) is 0 Å². The highest BCUT2D eigenvalue weighted by Gasteiger charge is 2.42. The Hall–Kier alpha value is -1.44. The monoisotopic (exact) mass is 340 g/mol. The van der Waals surface area contributed by atoms with E-state index in [1.165, 1.54) is 6.26 Å². The van der Waals surface area contributed by atoms with Gasteiger partial charge in [-0.3, -0.25) is 9.57 Å². The van der Waals surface area contributed by atoms with Gasteiger partial charge in [0.25, 0.3) is 0 Å². The minimum atomic E-state index is -2.54. The molecule has 1 aliphatic carbocycles. The summed E-state index contributed by atoms with van der Waals surface area (Å²) in [6, 6.07) is -0.122. The lowest BCUT2D eigenvalue weighted by molar-refractivity contribution is -0.140. The van der Waals surface area contributed by atoms with Crippen molar-refractivity contribution in [3.05, 3.63) is 11.7 Å². The fourth-order valence-electron chi connectivity index (χ4n) is 3.46. The maximum Gasteiger partial charge on any atom is 0.226 e. The number of nitrogens with zero attached hydrogens (tertiary/aromatic N) is 3. The van der Waals surface area contributed by atoms with Gasteiger partial charge in [0.2, 0.25) is 11.8 Å². The second-order valence-electron chi connectivity index (χ2n) is 6.76. The van der Waals surface area contributed by atoms with Gasteiger partial charge >= 0.3 is 0 Å². The molecule has 0 radical (unpaired) electrons. The molecule has 2 aliphatic rings. The molecule has 1 saturated carbocycles. The molecule has 2 fully saturated rings. The van der Waals surface area contributed by atoms with E-state index in [0.29, 0.717) is 31.1 Å². The molecule has 128 valence electrons. The summed E-state index contributed by atoms with van der Waals surface area (Å²) in [5.74, 6) is 1.09. The van der Waals surface area contributed by atoms with Crippen molar-refractivity contribution in [3.63, 3.8) is 0 Å². The van der Waals surface area contributed by atoms with Crippen LogP contribution in [0.25, 0.3) is 0 Å². The first kappa shape index (κ1) is 16.4. The summed E-state index contributed by atoms with van der Waals surface area (Å²) in [5.41, 5.74) is 0. The van der Waals surface area contributed by atoms with Crippen LogP contribution < -0.4 is 0 Å². The summed E-state index contributed by atoms with van der Waals surface area (Å²) >= 11 is 0. The van der Waals surface area contributed by atoms with Gasteiger partial charge in [0, 0.05) is 40.6 Å². The zero-order chi connectivity index (χ0) is 16.6. The van der Waals surface area contributed by atoms with Crippen LogP contribution in [-0.4, -0.2) is 43.2 Å². The Labute approximate surface area is 136 Å². The van der Waals surface area contributed by atoms with Gasteiger partial charge in [-0.2, -0.15) is 4.98 Å². The van der Waals surface area contributed by atoms with E-state index in [4.69, 9.17) is 9.30 Å². The fourth-order valence-corrected chi connectivity index (χ4v) is 4.66. The number of hydrogen-bond donors (Lipinski definition) is 1. The maximum atomic E-state index is 12.9. The van der Waals surface area contributed by atoms with Crippen molar-refractivity contribution in [2.45, 2.75) is 56.7 Å². The van der Waals surface area contributed by atoms with Crippen LogP contribution in [0, 0.1) is 17.6 Å². The van der Waals surface area contributed by atoms with Crippen molar-refractivity contribution in [1.29, 1.82) is 4.78 Å². The molecule has 1 N–H and O–H groups in total. The van der Waals surface area contributed by atoms with Crippen molar-refractivity contribution in [3.8, 4) is 0 Å². The van der Waals surface area contributed by atoms with E-state index in [1.54, 1.807) is 6.92 Å². The Balaban J connectivity index is 1.74. The van der Waals surface area contributed by atoms with E-state index in [1.807, 2.05) is 4.90 Å². The SMILES string of the molecule is Cc1nc(C2CCCCCN2C(=O)C2CC(S(C)(=N)=O)C2)no1. The number of carbonyl (C=O) groups is 1. The summed E-state index contributed by atoms with van der Waals surface area (Å²) in [5, 5.41) is 3.87. The average molecular weight is 340 g/mol. The quantitative estimate of drug-likeness (QED) is 0.910. The maximum absolute atomic E-state index is 12.9. The normalized spacial score (nSPS) is 31.0. The van der Waals surface area contributed by atoms with E-state index >= 15 is 0 Å². The number of amides is 1. The van der Waals surface area contributed by atoms with Gasteiger partial charge < -0.3 is 9.42 Å². The van der Waals surface area contributed by atoms with Crippen LogP contribution in [0.4, 0.5) is 0 Å². The van der Waals surface area contributed by atoms with Crippen LogP contribution in [-0.2, 0) is 14.5 Å². The Bertz CT molecular complexity index is 679. The fraction of sp³-hybridized carbons (Fsp3) is 0.800. The van der Waals surface area contributed by atoms with Crippen LogP contribution in [0.15, 0.2) is 4.52 Å². The van der Waals surface area contributed by atoms with Crippen LogP contribution in [0.3, 0.4) is 0 Å². The number of nitrogens with one attached hydrogen (secondary N) is 1. The molecule has 2 atom stereocenters. The third kappa shape index (κ3) is 3.41. The molecule has 2 unspecified atom stereocenters. The van der Waals surface area contributed by atoms with E-state index < -0.39 is 9.73 Å². The lowest BCUT2D eigenvalue weighted by Gasteiger charge is -2.39. The Kier molecular flexibility index (Phi) is 4.44. The van der Waals surface area contributed by atoms with Crippen molar-refractivity contribution >= 4 is 15.6 Å². The van der Waals surface area contributed by atoms with E-state index in [-0.39, 0.29) is 23.1 Å². The van der Waals surface area contributed by atoms with Gasteiger partial charge in [0.05, 0.1) is 6.04 Å². The summed E-state index contributed by atoms with van der Waals surface area (Å²) < 4.78 is 24.5. The molecule has 1 aromatic heterocycles. The third-order valence-electron chi connectivity index (χ3n) is 4.96. The van der Waals surface area contributed by atoms with Crippen molar-refractivity contribution in [2.24, 2.45) is 5.92 Å². The van der Waals surface area contributed by atoms with Gasteiger partial charge in [-0.15, -0.1) is 0 Å². The number of likely N-dealkylation sites (tertiary alicyclic amines) is 1. The van der Waals surface area contributed by atoms with E-state index in [9.17, 15) is 9.00 Å². The van der Waals surface area contributed by atoms with Crippen LogP contribution in [0.1, 0.15) is 56.3 Å². The molecule has 8 heteroatoms. The molecule has 7 nitrogen and oxygen atoms in total. The average Bonchev–Trinajstić information content (AvgIpc) is 2.70. The topological polar surface area (TPSA) is 100 Å². The lowest BCUT2D eigenvalue weighted by atomic mass is 9.83. The molecule has 1 aliphatic heterocycles. The van der Waals surface area contributed by atoms with Gasteiger partial charge in [-0.1, -0.05) is 18.0 Å². The highest BCUT2D eigenvalue weighted by molar-refractivity contribution is 7.92. The number of aromatic nitrogens is 2. The van der Waals surface area contributed by atoms with Gasteiger partial charge in [0.15, 0.2) is 5.82 Å². The summed E-state index contributed by atoms with van der Waals surface area (Å²) in [6.07, 6.45) is 6.57. The molecule has 1 amide bonds. The predicted octanol–water partition coefficient (Wildman–Crippen LogP) is 2.28. The van der Waals surface area contributed by atoms with E-state index in [2.05, 4.69) is 10.1 Å². The predicted molar refractivity (Wildman–Crippen MR) is 85.3 cm³/mol. The van der Waals surface area contributed by atoms with Crippen LogP contribution >= 0.6 is 0 Å². The number of hydrogen-bond acceptors (Lipinski definition) is 6. The van der Waals surface area contributed by atoms with Crippen LogP contribution in [0.2, 0.25) is 0 Å². The summed E-state index contributed by atoms with van der Waals surface area (Å²) in [6.45, 7) is 2.46. The minimum Gasteiger partial charge on any atom is -0.340 e. The first-order valence-electron chi connectivity index (χ1n) is 8.19. The molecule has 3 rings (SSSR count). The number of aryl methyl sites for hydroxylation is 1. The van der Waals surface area contributed by atoms with Crippen molar-refractivity contribution in [2.75, 3.05) is 12.8 Å². The molecule has 23 heavy (non-hydrogen) atoms. The molecule has 2 heterocycles. The van der Waals surface area contributed by atoms with Gasteiger partial charge in [-0.25, -0.2) is 4.21 Å². The molecule has 1 saturated heterocycles. The zero-order valence-electron chi connectivity index (χ0n) is 13.7. The number of carbonyl (C=O) groups excluding carboxylic acids is 1. The molecular weight excluding hydrogens is 316 g/mol. The third-order valence-corrected chi connectivity index (χ3v) is 6.61. The van der Waals surface area contributed by atoms with Gasteiger partial charge in [-0.05, 0) is 25.7 Å². The Morgan fingerprint density at radius 3 is 2.70 bits per heavy atom. The molecule has 1 aromatic rings. The van der Waals surface area contributed by atoms with Crippen molar-refractivity contribution < 1.29 is 13.5 Å². The largest absolute Gasteiger partial charge is 0.340 e. The highest BCUT2D eigenvalue weighted by atomic mass is 32.2. The molecule has 0 spiro atoms. The Morgan fingerprint density at radius 2 is 2.09 bits per heavy atom. The first-order valence-corrected chi connectivity index (χ1v) is 10.2. The lowest BCUT2D eigenvalue weighted by Crippen LogP contribution is -2.47. The second-order valence-corrected chi connectivity index (χ2v) is 9.24. The smallest absolute Gasteiger partial charge is 0.226 e. The standard InChI is InChI=1S/C15H24N4O3S/c1-10-17-14(18-22-10)13-6-4-3-5-7-19(13)15(20)11-8-12(9-11)23(2,16)21/h11-13,16H,3-9H2,1-2H3. The molecule has 0 bridgehead atoms. The van der Waals surface area contributed by atoms with E-state index in [0.717, 1.165) is 25.7 Å². The van der Waals surface area contributed by atoms with Crippen molar-refractivity contribution in [1.82, 2.24) is 15.0 Å². The molecule has 0 aromatic carbocycles. The number of rotatable bonds is 3.